The number of piperidine rings is 1. The lowest BCUT2D eigenvalue weighted by Gasteiger charge is -2.32. The fourth-order valence-corrected chi connectivity index (χ4v) is 5.61. The van der Waals surface area contributed by atoms with Gasteiger partial charge in [0.2, 0.25) is 10.0 Å². The van der Waals surface area contributed by atoms with Gasteiger partial charge >= 0.3 is 0 Å². The van der Waals surface area contributed by atoms with Gasteiger partial charge in [0.25, 0.3) is 5.91 Å². The molecule has 0 radical (unpaired) electrons. The third kappa shape index (κ3) is 5.06. The zero-order valence-electron chi connectivity index (χ0n) is 16.5. The van der Waals surface area contributed by atoms with Crippen LogP contribution in [-0.4, -0.2) is 62.3 Å². The number of likely N-dealkylation sites (tertiary alicyclic amines) is 1. The Kier molecular flexibility index (Phi) is 7.36. The average molecular weight is 428 g/mol. The number of hydrogen-bond acceptors (Lipinski definition) is 4. The number of nitrogens with zero attached hydrogens (tertiary/aromatic N) is 2. The van der Waals surface area contributed by atoms with Crippen LogP contribution in [0.3, 0.4) is 0 Å². The van der Waals surface area contributed by atoms with Crippen LogP contribution in [0.25, 0.3) is 0 Å². The van der Waals surface area contributed by atoms with Crippen molar-refractivity contribution in [1.29, 1.82) is 0 Å². The molecule has 6 nitrogen and oxygen atoms in total. The SMILES string of the molecule is CCCCN1CCC(NC(=O)c2cc(S(=O)(=O)N3CCCC3)ccc2Cl)CC1. The molecular weight excluding hydrogens is 398 g/mol. The molecule has 1 aromatic rings. The summed E-state index contributed by atoms with van der Waals surface area (Å²) in [7, 11) is -3.57. The maximum Gasteiger partial charge on any atom is 0.253 e. The molecule has 0 aliphatic carbocycles. The first-order chi connectivity index (χ1) is 13.4. The normalized spacial score (nSPS) is 19.8. The zero-order chi connectivity index (χ0) is 20.1. The Hall–Kier alpha value is -1.15. The minimum Gasteiger partial charge on any atom is -0.349 e. The van der Waals surface area contributed by atoms with Crippen molar-refractivity contribution in [2.24, 2.45) is 0 Å². The van der Waals surface area contributed by atoms with E-state index in [0.717, 1.165) is 45.3 Å². The molecule has 2 aliphatic heterocycles. The third-order valence-corrected chi connectivity index (χ3v) is 7.86. The number of sulfonamides is 1. The Morgan fingerprint density at radius 3 is 2.50 bits per heavy atom. The second-order valence-corrected chi connectivity index (χ2v) is 10.0. The van der Waals surface area contributed by atoms with Crippen LogP contribution >= 0.6 is 11.6 Å². The van der Waals surface area contributed by atoms with Gasteiger partial charge < -0.3 is 10.2 Å². The van der Waals surface area contributed by atoms with E-state index in [9.17, 15) is 13.2 Å². The Labute approximate surface area is 173 Å². The van der Waals surface area contributed by atoms with E-state index in [1.54, 1.807) is 0 Å². The fraction of sp³-hybridized carbons (Fsp3) is 0.650. The lowest BCUT2D eigenvalue weighted by atomic mass is 10.0. The van der Waals surface area contributed by atoms with E-state index in [4.69, 9.17) is 11.6 Å². The maximum atomic E-state index is 12.8. The molecule has 0 bridgehead atoms. The van der Waals surface area contributed by atoms with Gasteiger partial charge in [-0.05, 0) is 56.8 Å². The van der Waals surface area contributed by atoms with Gasteiger partial charge in [-0.1, -0.05) is 24.9 Å². The summed E-state index contributed by atoms with van der Waals surface area (Å²) in [5.74, 6) is -0.296. The molecule has 0 saturated carbocycles. The smallest absolute Gasteiger partial charge is 0.253 e. The minimum absolute atomic E-state index is 0.0975. The Morgan fingerprint density at radius 2 is 1.86 bits per heavy atom. The first kappa shape index (κ1) is 21.6. The van der Waals surface area contributed by atoms with Crippen molar-refractivity contribution in [3.63, 3.8) is 0 Å². The molecule has 8 heteroatoms. The van der Waals surface area contributed by atoms with Gasteiger partial charge in [-0.2, -0.15) is 4.31 Å². The summed E-state index contributed by atoms with van der Waals surface area (Å²) < 4.78 is 27.0. The highest BCUT2D eigenvalue weighted by molar-refractivity contribution is 7.89. The van der Waals surface area contributed by atoms with Crippen molar-refractivity contribution in [3.05, 3.63) is 28.8 Å². The summed E-state index contributed by atoms with van der Waals surface area (Å²) in [4.78, 5) is 15.3. The quantitative estimate of drug-likeness (QED) is 0.725. The number of unbranched alkanes of at least 4 members (excludes halogenated alkanes) is 1. The number of benzene rings is 1. The first-order valence-corrected chi connectivity index (χ1v) is 12.1. The van der Waals surface area contributed by atoms with Crippen LogP contribution < -0.4 is 5.32 Å². The average Bonchev–Trinajstić information content (AvgIpc) is 3.23. The van der Waals surface area contributed by atoms with E-state index in [2.05, 4.69) is 17.1 Å². The standard InChI is InChI=1S/C20H30ClN3O3S/c1-2-3-10-23-13-8-16(9-14-23)22-20(25)18-15-17(6-7-19(18)21)28(26,27)24-11-4-5-12-24/h6-7,15-16H,2-5,8-14H2,1H3,(H,22,25). The van der Waals surface area contributed by atoms with Gasteiger partial charge in [0, 0.05) is 32.2 Å². The van der Waals surface area contributed by atoms with Crippen LogP contribution in [0.4, 0.5) is 0 Å². The second-order valence-electron chi connectivity index (χ2n) is 7.70. The van der Waals surface area contributed by atoms with Crippen LogP contribution in [0.15, 0.2) is 23.1 Å². The monoisotopic (exact) mass is 427 g/mol. The van der Waals surface area contributed by atoms with Gasteiger partial charge in [0.05, 0.1) is 15.5 Å². The Morgan fingerprint density at radius 1 is 1.18 bits per heavy atom. The summed E-state index contributed by atoms with van der Waals surface area (Å²) in [5.41, 5.74) is 0.232. The summed E-state index contributed by atoms with van der Waals surface area (Å²) in [5, 5.41) is 3.32. The largest absolute Gasteiger partial charge is 0.349 e. The molecule has 2 aliphatic rings. The summed E-state index contributed by atoms with van der Waals surface area (Å²) >= 11 is 6.22. The van der Waals surface area contributed by atoms with Crippen LogP contribution in [0, 0.1) is 0 Å². The van der Waals surface area contributed by atoms with Crippen molar-refractivity contribution < 1.29 is 13.2 Å². The molecule has 1 N–H and O–H groups in total. The van der Waals surface area contributed by atoms with E-state index >= 15 is 0 Å². The molecule has 1 aromatic carbocycles. The molecule has 0 unspecified atom stereocenters. The summed E-state index contributed by atoms with van der Waals surface area (Å²) in [6.45, 7) is 6.31. The van der Waals surface area contributed by atoms with Crippen molar-refractivity contribution in [3.8, 4) is 0 Å². The van der Waals surface area contributed by atoms with Crippen LogP contribution in [0.1, 0.15) is 55.8 Å². The van der Waals surface area contributed by atoms with E-state index in [1.165, 1.54) is 35.3 Å². The highest BCUT2D eigenvalue weighted by atomic mass is 35.5. The number of nitrogens with one attached hydrogen (secondary N) is 1. The van der Waals surface area contributed by atoms with Crippen LogP contribution in [-0.2, 0) is 10.0 Å². The Balaban J connectivity index is 1.65. The maximum absolute atomic E-state index is 12.8. The molecule has 0 spiro atoms. The van der Waals surface area contributed by atoms with Crippen LogP contribution in [0.2, 0.25) is 5.02 Å². The topological polar surface area (TPSA) is 69.7 Å². The number of hydrogen-bond donors (Lipinski definition) is 1. The van der Waals surface area contributed by atoms with Crippen molar-refractivity contribution in [2.75, 3.05) is 32.7 Å². The number of amides is 1. The fourth-order valence-electron chi connectivity index (χ4n) is 3.86. The molecule has 0 atom stereocenters. The van der Waals surface area contributed by atoms with Crippen molar-refractivity contribution in [1.82, 2.24) is 14.5 Å². The summed E-state index contributed by atoms with van der Waals surface area (Å²) in [6.07, 6.45) is 5.93. The number of carbonyl (C=O) groups is 1. The molecule has 28 heavy (non-hydrogen) atoms. The van der Waals surface area contributed by atoms with Gasteiger partial charge in [-0.3, -0.25) is 4.79 Å². The van der Waals surface area contributed by atoms with E-state index < -0.39 is 10.0 Å². The summed E-state index contributed by atoms with van der Waals surface area (Å²) in [6, 6.07) is 4.51. The molecule has 3 rings (SSSR count). The molecule has 156 valence electrons. The molecule has 0 aromatic heterocycles. The highest BCUT2D eigenvalue weighted by Gasteiger charge is 2.29. The number of rotatable bonds is 7. The van der Waals surface area contributed by atoms with Crippen molar-refractivity contribution >= 4 is 27.5 Å². The molecule has 2 saturated heterocycles. The van der Waals surface area contributed by atoms with E-state index in [0.29, 0.717) is 13.1 Å². The van der Waals surface area contributed by atoms with E-state index in [1.807, 2.05) is 0 Å². The molecule has 2 fully saturated rings. The highest BCUT2D eigenvalue weighted by Crippen LogP contribution is 2.25. The molecule has 1 amide bonds. The predicted octanol–water partition coefficient (Wildman–Crippen LogP) is 3.12. The van der Waals surface area contributed by atoms with Gasteiger partial charge in [-0.15, -0.1) is 0 Å². The lowest BCUT2D eigenvalue weighted by molar-refractivity contribution is 0.0910. The van der Waals surface area contributed by atoms with Gasteiger partial charge in [-0.25, -0.2) is 8.42 Å². The zero-order valence-corrected chi connectivity index (χ0v) is 18.1. The van der Waals surface area contributed by atoms with Gasteiger partial charge in [0.1, 0.15) is 0 Å². The first-order valence-electron chi connectivity index (χ1n) is 10.2. The molecule has 2 heterocycles. The second kappa shape index (κ2) is 9.57. The van der Waals surface area contributed by atoms with Gasteiger partial charge in [0.15, 0.2) is 0 Å². The van der Waals surface area contributed by atoms with Crippen LogP contribution in [0.5, 0.6) is 0 Å². The van der Waals surface area contributed by atoms with E-state index in [-0.39, 0.29) is 27.4 Å². The Bertz CT molecular complexity index is 786. The predicted molar refractivity (Wildman–Crippen MR) is 111 cm³/mol. The lowest BCUT2D eigenvalue weighted by Crippen LogP contribution is -2.44. The number of carbonyl (C=O) groups excluding carboxylic acids is 1. The number of halogens is 1. The third-order valence-electron chi connectivity index (χ3n) is 5.64. The molecular formula is C20H30ClN3O3S. The van der Waals surface area contributed by atoms with Crippen molar-refractivity contribution in [2.45, 2.75) is 56.4 Å². The minimum atomic E-state index is -3.57.